The maximum Gasteiger partial charge on any atom is 0.241 e. The molecule has 10 heteroatoms. The largest absolute Gasteiger partial charge is 0.494 e. The third kappa shape index (κ3) is 3.66. The van der Waals surface area contributed by atoms with Crippen LogP contribution in [-0.4, -0.2) is 35.6 Å². The fraction of sp³-hybridized carbons (Fsp3) is 0.211. The predicted molar refractivity (Wildman–Crippen MR) is 106 cm³/mol. The molecule has 150 valence electrons. The van der Waals surface area contributed by atoms with Gasteiger partial charge in [-0.3, -0.25) is 4.79 Å². The number of fused-ring (bicyclic) bond motifs is 1. The number of amides is 1. The van der Waals surface area contributed by atoms with Crippen LogP contribution in [0, 0.1) is 11.6 Å². The van der Waals surface area contributed by atoms with E-state index in [1.165, 1.54) is 19.5 Å². The minimum absolute atomic E-state index is 0.0449. The number of halogens is 3. The first-order chi connectivity index (χ1) is 14.0. The standard InChI is InChI=1S/C19H16ClF2N5O2/c1-29-15-7-13-9(6-14(15)27-19(28)12-4-5-23-12)18(25-8-24-13)26-11-3-2-10(21)16(20)17(11)22/h2-3,6-8,12,23H,4-5H2,1H3,(H,27,28)(H,24,25,26)/t12-/m0/s1. The molecule has 0 radical (unpaired) electrons. The molecule has 4 rings (SSSR count). The summed E-state index contributed by atoms with van der Waals surface area (Å²) in [7, 11) is 1.48. The van der Waals surface area contributed by atoms with E-state index in [2.05, 4.69) is 25.9 Å². The van der Waals surface area contributed by atoms with Gasteiger partial charge in [0.1, 0.15) is 28.7 Å². The quantitative estimate of drug-likeness (QED) is 0.547. The number of aromatic nitrogens is 2. The van der Waals surface area contributed by atoms with E-state index >= 15 is 0 Å². The van der Waals surface area contributed by atoms with Crippen molar-refractivity contribution in [2.45, 2.75) is 12.5 Å². The molecule has 1 saturated heterocycles. The van der Waals surface area contributed by atoms with Crippen LogP contribution >= 0.6 is 11.6 Å². The molecule has 0 aliphatic carbocycles. The van der Waals surface area contributed by atoms with Crippen molar-refractivity contribution in [3.8, 4) is 5.75 Å². The second-order valence-electron chi connectivity index (χ2n) is 6.42. The minimum Gasteiger partial charge on any atom is -0.494 e. The molecule has 0 spiro atoms. The summed E-state index contributed by atoms with van der Waals surface area (Å²) < 4.78 is 33.1. The molecule has 1 atom stereocenters. The number of anilines is 3. The van der Waals surface area contributed by atoms with E-state index in [0.29, 0.717) is 22.3 Å². The maximum absolute atomic E-state index is 14.3. The zero-order valence-corrected chi connectivity index (χ0v) is 16.0. The number of ether oxygens (including phenoxy) is 1. The van der Waals surface area contributed by atoms with Crippen molar-refractivity contribution in [2.75, 3.05) is 24.3 Å². The fourth-order valence-electron chi connectivity index (χ4n) is 2.93. The molecule has 1 aliphatic rings. The first kappa shape index (κ1) is 19.3. The molecule has 29 heavy (non-hydrogen) atoms. The number of hydrogen-bond donors (Lipinski definition) is 3. The van der Waals surface area contributed by atoms with Crippen molar-refractivity contribution in [3.63, 3.8) is 0 Å². The van der Waals surface area contributed by atoms with Gasteiger partial charge in [-0.2, -0.15) is 0 Å². The van der Waals surface area contributed by atoms with Crippen molar-refractivity contribution in [2.24, 2.45) is 0 Å². The monoisotopic (exact) mass is 419 g/mol. The average Bonchev–Trinajstić information content (AvgIpc) is 2.67. The molecule has 1 aliphatic heterocycles. The number of methoxy groups -OCH3 is 1. The van der Waals surface area contributed by atoms with Crippen LogP contribution in [0.4, 0.5) is 26.0 Å². The van der Waals surface area contributed by atoms with E-state index < -0.39 is 16.7 Å². The van der Waals surface area contributed by atoms with Crippen molar-refractivity contribution in [1.82, 2.24) is 15.3 Å². The summed E-state index contributed by atoms with van der Waals surface area (Å²) in [6, 6.07) is 5.29. The number of hydrogen-bond acceptors (Lipinski definition) is 6. The summed E-state index contributed by atoms with van der Waals surface area (Å²) in [5.74, 6) is -1.29. The average molecular weight is 420 g/mol. The highest BCUT2D eigenvalue weighted by molar-refractivity contribution is 6.31. The number of rotatable bonds is 5. The summed E-state index contributed by atoms with van der Waals surface area (Å²) in [6.45, 7) is 0.792. The summed E-state index contributed by atoms with van der Waals surface area (Å²) in [5.41, 5.74) is 0.887. The SMILES string of the molecule is COc1cc2ncnc(Nc3ccc(F)c(Cl)c3F)c2cc1NC(=O)[C@@H]1CCN1. The lowest BCUT2D eigenvalue weighted by atomic mass is 10.1. The molecular weight excluding hydrogens is 404 g/mol. The van der Waals surface area contributed by atoms with Gasteiger partial charge in [0.05, 0.1) is 30.0 Å². The second kappa shape index (κ2) is 7.76. The Labute approximate surface area is 169 Å². The van der Waals surface area contributed by atoms with E-state index in [0.717, 1.165) is 19.0 Å². The summed E-state index contributed by atoms with van der Waals surface area (Å²) in [6.07, 6.45) is 2.05. The van der Waals surface area contributed by atoms with Crippen LogP contribution in [0.5, 0.6) is 5.75 Å². The smallest absolute Gasteiger partial charge is 0.241 e. The highest BCUT2D eigenvalue weighted by atomic mass is 35.5. The predicted octanol–water partition coefficient (Wildman–Crippen LogP) is 3.61. The van der Waals surface area contributed by atoms with E-state index in [-0.39, 0.29) is 23.5 Å². The Morgan fingerprint density at radius 1 is 1.28 bits per heavy atom. The highest BCUT2D eigenvalue weighted by Gasteiger charge is 2.25. The molecule has 1 amide bonds. The summed E-state index contributed by atoms with van der Waals surface area (Å²) in [5, 5.41) is 8.54. The molecule has 0 unspecified atom stereocenters. The summed E-state index contributed by atoms with van der Waals surface area (Å²) >= 11 is 5.65. The maximum atomic E-state index is 14.3. The fourth-order valence-corrected chi connectivity index (χ4v) is 3.10. The van der Waals surface area contributed by atoms with Gasteiger partial charge in [0.2, 0.25) is 5.91 Å². The molecule has 2 aromatic carbocycles. The Morgan fingerprint density at radius 2 is 2.07 bits per heavy atom. The van der Waals surface area contributed by atoms with Crippen molar-refractivity contribution >= 4 is 45.6 Å². The second-order valence-corrected chi connectivity index (χ2v) is 6.80. The number of carbonyl (C=O) groups excluding carboxylic acids is 1. The lowest BCUT2D eigenvalue weighted by molar-refractivity contribution is -0.119. The lowest BCUT2D eigenvalue weighted by Gasteiger charge is -2.26. The van der Waals surface area contributed by atoms with Gasteiger partial charge in [-0.15, -0.1) is 0 Å². The molecule has 3 N–H and O–H groups in total. The molecule has 1 fully saturated rings. The topological polar surface area (TPSA) is 88.2 Å². The lowest BCUT2D eigenvalue weighted by Crippen LogP contribution is -2.50. The first-order valence-corrected chi connectivity index (χ1v) is 9.13. The van der Waals surface area contributed by atoms with Crippen LogP contribution < -0.4 is 20.7 Å². The van der Waals surface area contributed by atoms with E-state index in [1.54, 1.807) is 12.1 Å². The highest BCUT2D eigenvalue weighted by Crippen LogP contribution is 2.34. The summed E-state index contributed by atoms with van der Waals surface area (Å²) in [4.78, 5) is 20.6. The van der Waals surface area contributed by atoms with Crippen LogP contribution in [-0.2, 0) is 4.79 Å². The van der Waals surface area contributed by atoms with E-state index in [9.17, 15) is 13.6 Å². The van der Waals surface area contributed by atoms with Gasteiger partial charge in [-0.05, 0) is 31.2 Å². The molecule has 0 bridgehead atoms. The van der Waals surface area contributed by atoms with Gasteiger partial charge >= 0.3 is 0 Å². The van der Waals surface area contributed by atoms with Crippen LogP contribution in [0.25, 0.3) is 10.9 Å². The number of nitrogens with zero attached hydrogens (tertiary/aromatic N) is 2. The Kier molecular flexibility index (Phi) is 5.16. The Bertz CT molecular complexity index is 1110. The van der Waals surface area contributed by atoms with E-state index in [4.69, 9.17) is 16.3 Å². The van der Waals surface area contributed by atoms with Gasteiger partial charge in [0.25, 0.3) is 0 Å². The van der Waals surface area contributed by atoms with Crippen molar-refractivity contribution < 1.29 is 18.3 Å². The minimum atomic E-state index is -0.934. The third-order valence-corrected chi connectivity index (χ3v) is 4.99. The molecule has 3 aromatic rings. The van der Waals surface area contributed by atoms with Crippen molar-refractivity contribution in [3.05, 3.63) is 47.2 Å². The van der Waals surface area contributed by atoms with Crippen LogP contribution in [0.1, 0.15) is 6.42 Å². The van der Waals surface area contributed by atoms with Crippen LogP contribution in [0.3, 0.4) is 0 Å². The van der Waals surface area contributed by atoms with Gasteiger partial charge in [0.15, 0.2) is 5.82 Å². The Hall–Kier alpha value is -3.04. The zero-order valence-electron chi connectivity index (χ0n) is 15.2. The Balaban J connectivity index is 1.74. The third-order valence-electron chi connectivity index (χ3n) is 4.64. The molecule has 1 aromatic heterocycles. The number of nitrogens with one attached hydrogen (secondary N) is 3. The zero-order chi connectivity index (χ0) is 20.5. The van der Waals surface area contributed by atoms with Gasteiger partial charge in [-0.1, -0.05) is 11.6 Å². The normalized spacial score (nSPS) is 15.7. The molecule has 2 heterocycles. The molecule has 7 nitrogen and oxygen atoms in total. The van der Waals surface area contributed by atoms with Gasteiger partial charge < -0.3 is 20.7 Å². The number of benzene rings is 2. The number of carbonyl (C=O) groups is 1. The van der Waals surface area contributed by atoms with Crippen molar-refractivity contribution in [1.29, 1.82) is 0 Å². The van der Waals surface area contributed by atoms with Crippen LogP contribution in [0.15, 0.2) is 30.6 Å². The first-order valence-electron chi connectivity index (χ1n) is 8.75. The molecular formula is C19H16ClF2N5O2. The van der Waals surface area contributed by atoms with Gasteiger partial charge in [0, 0.05) is 11.5 Å². The van der Waals surface area contributed by atoms with Crippen LogP contribution in [0.2, 0.25) is 5.02 Å². The van der Waals surface area contributed by atoms with Gasteiger partial charge in [-0.25, -0.2) is 18.7 Å². The van der Waals surface area contributed by atoms with E-state index in [1.807, 2.05) is 0 Å². The Morgan fingerprint density at radius 3 is 2.76 bits per heavy atom. The molecule has 0 saturated carbocycles.